The van der Waals surface area contributed by atoms with E-state index >= 15 is 4.79 Å². The molecule has 6 heterocycles. The highest BCUT2D eigenvalue weighted by Crippen LogP contribution is 2.55. The van der Waals surface area contributed by atoms with E-state index in [1.165, 1.54) is 0 Å². The normalized spacial score (nSPS) is 25.3. The van der Waals surface area contributed by atoms with Crippen molar-refractivity contribution in [1.82, 2.24) is 29.7 Å². The molecule has 0 radical (unpaired) electrons. The molecule has 5 atom stereocenters. The van der Waals surface area contributed by atoms with E-state index in [9.17, 15) is 4.79 Å². The van der Waals surface area contributed by atoms with Crippen LogP contribution in [-0.2, 0) is 20.7 Å². The average molecular weight is 849 g/mol. The molecule has 4 fully saturated rings. The Labute approximate surface area is 375 Å². The summed E-state index contributed by atoms with van der Waals surface area (Å²) >= 11 is 0. The van der Waals surface area contributed by atoms with Gasteiger partial charge in [0.2, 0.25) is 0 Å². The van der Waals surface area contributed by atoms with Crippen molar-refractivity contribution in [3.05, 3.63) is 180 Å². The number of carbonyl (C=O) groups excluding carboxylic acids is 2. The largest absolute Gasteiger partial charge is 0.340 e. The molecule has 5 aromatic carbocycles. The van der Waals surface area contributed by atoms with Crippen molar-refractivity contribution in [2.75, 3.05) is 47.8 Å². The Morgan fingerprint density at radius 2 is 0.953 bits per heavy atom. The summed E-state index contributed by atoms with van der Waals surface area (Å²) in [4.78, 5) is 50.7. The lowest BCUT2D eigenvalue weighted by molar-refractivity contribution is -0.784. The molecule has 2 amide bonds. The third-order valence-corrected chi connectivity index (χ3v) is 15.2. The second-order valence-electron chi connectivity index (χ2n) is 19.5. The lowest BCUT2D eigenvalue weighted by Gasteiger charge is -2.33. The number of amides is 2. The maximum absolute atomic E-state index is 15.1. The summed E-state index contributed by atoms with van der Waals surface area (Å²) in [6.45, 7) is 2.31. The van der Waals surface area contributed by atoms with Crippen molar-refractivity contribution in [3.63, 3.8) is 0 Å². The molecule has 322 valence electrons. The number of hydrogen-bond donors (Lipinski definition) is 2. The van der Waals surface area contributed by atoms with Gasteiger partial charge in [-0.3, -0.25) is 9.59 Å². The molecule has 3 unspecified atom stereocenters. The number of nitrogens with zero attached hydrogens (tertiary/aromatic N) is 6. The SMILES string of the molecule is C[N+]1(C)CC1(C(=O)N1CCCC1c1ncc(-c2ccc(-c3ccc(-c4cnc([C@@H]5CC[C@H](c6ccccc6)N5C(=O)C5(c6ccccc6)C[N+]5(C)C)[nH]4)cc3)cc2)[nH]1)c1ccccc1. The molecule has 7 aromatic rings. The number of aromatic nitrogens is 4. The van der Waals surface area contributed by atoms with Crippen molar-refractivity contribution in [2.45, 2.75) is 54.9 Å². The van der Waals surface area contributed by atoms with Crippen LogP contribution in [0.25, 0.3) is 33.6 Å². The van der Waals surface area contributed by atoms with Crippen molar-refractivity contribution in [1.29, 1.82) is 0 Å². The number of rotatable bonds is 10. The Hall–Kier alpha value is -6.62. The summed E-state index contributed by atoms with van der Waals surface area (Å²) in [6.07, 6.45) is 7.37. The minimum absolute atomic E-state index is 0.0323. The van der Waals surface area contributed by atoms with Gasteiger partial charge < -0.3 is 28.7 Å². The highest BCUT2D eigenvalue weighted by Gasteiger charge is 2.74. The second kappa shape index (κ2) is 15.0. The van der Waals surface area contributed by atoms with Gasteiger partial charge in [0.25, 0.3) is 22.9 Å². The van der Waals surface area contributed by atoms with Gasteiger partial charge in [0.05, 0.1) is 70.1 Å². The highest BCUT2D eigenvalue weighted by atomic mass is 16.2. The molecule has 0 aliphatic carbocycles. The van der Waals surface area contributed by atoms with E-state index in [2.05, 4.69) is 145 Å². The second-order valence-corrected chi connectivity index (χ2v) is 19.5. The maximum atomic E-state index is 15.1. The number of hydrogen-bond acceptors (Lipinski definition) is 4. The van der Waals surface area contributed by atoms with Crippen LogP contribution in [0.15, 0.2) is 152 Å². The minimum Gasteiger partial charge on any atom is -0.340 e. The lowest BCUT2D eigenvalue weighted by atomic mass is 9.95. The number of quaternary nitrogens is 2. The molecule has 0 bridgehead atoms. The molecule has 2 N–H and O–H groups in total. The first kappa shape index (κ1) is 40.2. The lowest BCUT2D eigenvalue weighted by Crippen LogP contribution is -2.45. The number of benzene rings is 5. The number of imidazole rings is 2. The fourth-order valence-electron chi connectivity index (χ4n) is 11.4. The van der Waals surface area contributed by atoms with Crippen LogP contribution >= 0.6 is 0 Å². The Morgan fingerprint density at radius 3 is 1.44 bits per heavy atom. The third-order valence-electron chi connectivity index (χ3n) is 15.2. The van der Waals surface area contributed by atoms with Crippen LogP contribution in [0.2, 0.25) is 0 Å². The molecule has 4 saturated heterocycles. The number of nitrogens with one attached hydrogen (secondary N) is 2. The summed E-state index contributed by atoms with van der Waals surface area (Å²) in [5.74, 6) is 2.04. The standard InChI is InChI=1S/C54H56N8O2/c1-61(2)35-53(61,42-17-10-6-11-18-42)51(63)59-32-14-21-47(59)49-55-33-44(57-49)39-26-22-37(23-27-39)38-24-28-40(29-25-38)45-34-56-50(58-45)48-31-30-46(41-15-8-5-9-16-41)60(48)52(64)54(36-62(54,3)4)43-19-12-7-13-20-43/h5-13,15-20,22-29,33-34,46-48H,14,21,30-32,35-36H2,1-4H3,(H,55,57)(H,56,58)/q+2/t46-,47?,48+,53?,54?/m1/s1. The zero-order valence-corrected chi connectivity index (χ0v) is 37.1. The third kappa shape index (κ3) is 6.37. The van der Waals surface area contributed by atoms with Crippen LogP contribution in [0.1, 0.15) is 72.1 Å². The zero-order valence-electron chi connectivity index (χ0n) is 37.1. The fraction of sp³-hybridized carbons (Fsp3) is 0.296. The minimum atomic E-state index is -0.625. The Kier molecular flexibility index (Phi) is 9.41. The maximum Gasteiger partial charge on any atom is 0.296 e. The van der Waals surface area contributed by atoms with Crippen LogP contribution in [0.4, 0.5) is 0 Å². The Balaban J connectivity index is 0.798. The molecule has 0 saturated carbocycles. The average Bonchev–Trinajstić information content (AvgIpc) is 3.83. The molecule has 10 heteroatoms. The summed E-state index contributed by atoms with van der Waals surface area (Å²) in [5.41, 5.74) is 8.35. The highest BCUT2D eigenvalue weighted by molar-refractivity contribution is 5.90. The Bertz CT molecular complexity index is 2840. The molecule has 11 rings (SSSR count). The van der Waals surface area contributed by atoms with Gasteiger partial charge in [0.15, 0.2) is 0 Å². The van der Waals surface area contributed by atoms with Gasteiger partial charge in [-0.15, -0.1) is 0 Å². The van der Waals surface area contributed by atoms with Gasteiger partial charge in [0, 0.05) is 17.7 Å². The van der Waals surface area contributed by atoms with E-state index in [4.69, 9.17) is 9.97 Å². The first-order chi connectivity index (χ1) is 31.0. The quantitative estimate of drug-likeness (QED) is 0.106. The van der Waals surface area contributed by atoms with Gasteiger partial charge in [-0.05, 0) is 53.5 Å². The van der Waals surface area contributed by atoms with Crippen molar-refractivity contribution < 1.29 is 18.6 Å². The van der Waals surface area contributed by atoms with Crippen LogP contribution in [0.3, 0.4) is 0 Å². The number of H-pyrrole nitrogens is 2. The van der Waals surface area contributed by atoms with Crippen LogP contribution in [-0.4, -0.2) is 98.3 Å². The number of carbonyl (C=O) groups is 2. The summed E-state index contributed by atoms with van der Waals surface area (Å²) in [5, 5.41) is 0. The first-order valence-electron chi connectivity index (χ1n) is 22.8. The van der Waals surface area contributed by atoms with Gasteiger partial charge in [0.1, 0.15) is 24.7 Å². The smallest absolute Gasteiger partial charge is 0.296 e. The molecule has 2 aromatic heterocycles. The van der Waals surface area contributed by atoms with Crippen LogP contribution < -0.4 is 0 Å². The van der Waals surface area contributed by atoms with E-state index in [0.29, 0.717) is 8.97 Å². The van der Waals surface area contributed by atoms with E-state index < -0.39 is 11.1 Å². The number of aromatic amines is 2. The van der Waals surface area contributed by atoms with Gasteiger partial charge >= 0.3 is 0 Å². The fourth-order valence-corrected chi connectivity index (χ4v) is 11.4. The summed E-state index contributed by atoms with van der Waals surface area (Å²) in [6, 6.07) is 47.9. The molecular formula is C54H56N8O2+2. The van der Waals surface area contributed by atoms with Gasteiger partial charge in [-0.2, -0.15) is 0 Å². The molecule has 64 heavy (non-hydrogen) atoms. The number of likely N-dealkylation sites (tertiary alicyclic amines) is 2. The predicted molar refractivity (Wildman–Crippen MR) is 249 cm³/mol. The first-order valence-corrected chi connectivity index (χ1v) is 22.8. The predicted octanol–water partition coefficient (Wildman–Crippen LogP) is 9.17. The molecule has 10 nitrogen and oxygen atoms in total. The van der Waals surface area contributed by atoms with Crippen molar-refractivity contribution in [2.24, 2.45) is 0 Å². The van der Waals surface area contributed by atoms with E-state index in [0.717, 1.165) is 107 Å². The van der Waals surface area contributed by atoms with Gasteiger partial charge in [-0.25, -0.2) is 9.97 Å². The molecule has 4 aliphatic heterocycles. The van der Waals surface area contributed by atoms with Crippen LogP contribution in [0.5, 0.6) is 0 Å². The van der Waals surface area contributed by atoms with Crippen molar-refractivity contribution in [3.8, 4) is 33.6 Å². The molecule has 4 aliphatic rings. The summed E-state index contributed by atoms with van der Waals surface area (Å²) < 4.78 is 1.29. The van der Waals surface area contributed by atoms with Crippen molar-refractivity contribution >= 4 is 11.8 Å². The van der Waals surface area contributed by atoms with Crippen LogP contribution in [0, 0.1) is 0 Å². The molecular weight excluding hydrogens is 793 g/mol. The van der Waals surface area contributed by atoms with E-state index in [1.54, 1.807) is 0 Å². The zero-order chi connectivity index (χ0) is 43.8. The van der Waals surface area contributed by atoms with E-state index in [-0.39, 0.29) is 29.9 Å². The Morgan fingerprint density at radius 1 is 0.531 bits per heavy atom. The monoisotopic (exact) mass is 848 g/mol. The van der Waals surface area contributed by atoms with E-state index in [1.807, 2.05) is 54.9 Å². The molecule has 0 spiro atoms. The van der Waals surface area contributed by atoms with Gasteiger partial charge in [-0.1, -0.05) is 140 Å². The number of likely N-dealkylation sites (N-methyl/N-ethyl adjacent to an activating group) is 2. The summed E-state index contributed by atoms with van der Waals surface area (Å²) in [7, 11) is 8.63. The topological polar surface area (TPSA) is 98.0 Å².